The molecule has 1 aliphatic rings. The van der Waals surface area contributed by atoms with E-state index in [2.05, 4.69) is 24.3 Å². The highest BCUT2D eigenvalue weighted by Crippen LogP contribution is 2.47. The van der Waals surface area contributed by atoms with Crippen LogP contribution in [0.1, 0.15) is 24.0 Å². The van der Waals surface area contributed by atoms with Gasteiger partial charge in [-0.05, 0) is 24.0 Å². The molecule has 1 aliphatic carbocycles. The van der Waals surface area contributed by atoms with Gasteiger partial charge in [-0.3, -0.25) is 0 Å². The van der Waals surface area contributed by atoms with Gasteiger partial charge < -0.3 is 9.84 Å². The molecule has 0 radical (unpaired) electrons. The third kappa shape index (κ3) is 1.68. The average Bonchev–Trinajstić information content (AvgIpc) is 3.00. The summed E-state index contributed by atoms with van der Waals surface area (Å²) in [4.78, 5) is 0. The van der Waals surface area contributed by atoms with Crippen molar-refractivity contribution in [2.75, 3.05) is 13.7 Å². The Kier molecular flexibility index (Phi) is 2.57. The molecule has 1 saturated carbocycles. The molecule has 1 fully saturated rings. The lowest BCUT2D eigenvalue weighted by molar-refractivity contribution is 0.185. The summed E-state index contributed by atoms with van der Waals surface area (Å²) in [5.41, 5.74) is 2.54. The van der Waals surface area contributed by atoms with Gasteiger partial charge in [0.15, 0.2) is 0 Å². The molecular formula is C12H16O2. The first kappa shape index (κ1) is 9.69. The van der Waals surface area contributed by atoms with Gasteiger partial charge in [0.25, 0.3) is 0 Å². The topological polar surface area (TPSA) is 29.5 Å². The molecule has 2 heteroatoms. The Labute approximate surface area is 84.5 Å². The zero-order chi connectivity index (χ0) is 10.0. The molecule has 2 rings (SSSR count). The minimum atomic E-state index is 0.0889. The zero-order valence-electron chi connectivity index (χ0n) is 8.49. The van der Waals surface area contributed by atoms with Crippen LogP contribution in [-0.2, 0) is 16.8 Å². The van der Waals surface area contributed by atoms with Crippen LogP contribution in [0.15, 0.2) is 24.3 Å². The molecule has 0 amide bonds. The van der Waals surface area contributed by atoms with Crippen LogP contribution in [0.4, 0.5) is 0 Å². The number of ether oxygens (including phenoxy) is 1. The number of aliphatic hydroxyl groups is 1. The van der Waals surface area contributed by atoms with Crippen molar-refractivity contribution >= 4 is 0 Å². The van der Waals surface area contributed by atoms with Gasteiger partial charge in [-0.15, -0.1) is 0 Å². The van der Waals surface area contributed by atoms with E-state index in [0.717, 1.165) is 12.8 Å². The van der Waals surface area contributed by atoms with Crippen molar-refractivity contribution in [2.45, 2.75) is 24.9 Å². The summed E-state index contributed by atoms with van der Waals surface area (Å²) in [5, 5.41) is 9.26. The number of benzene rings is 1. The van der Waals surface area contributed by atoms with Crippen LogP contribution >= 0.6 is 0 Å². The zero-order valence-corrected chi connectivity index (χ0v) is 8.49. The van der Waals surface area contributed by atoms with Crippen molar-refractivity contribution in [1.29, 1.82) is 0 Å². The number of aliphatic hydroxyl groups excluding tert-OH is 1. The van der Waals surface area contributed by atoms with Gasteiger partial charge in [0, 0.05) is 12.5 Å². The highest BCUT2D eigenvalue weighted by atomic mass is 16.5. The fourth-order valence-corrected chi connectivity index (χ4v) is 1.81. The summed E-state index contributed by atoms with van der Waals surface area (Å²) in [6.45, 7) is 0.934. The normalized spacial score (nSPS) is 18.1. The lowest BCUT2D eigenvalue weighted by Gasteiger charge is -2.12. The highest BCUT2D eigenvalue weighted by Gasteiger charge is 2.43. The quantitative estimate of drug-likeness (QED) is 0.789. The van der Waals surface area contributed by atoms with Crippen molar-refractivity contribution < 1.29 is 9.84 Å². The van der Waals surface area contributed by atoms with E-state index in [-0.39, 0.29) is 12.0 Å². The second-order valence-electron chi connectivity index (χ2n) is 4.07. The predicted molar refractivity (Wildman–Crippen MR) is 55.2 cm³/mol. The molecule has 2 nitrogen and oxygen atoms in total. The van der Waals surface area contributed by atoms with Gasteiger partial charge in [-0.1, -0.05) is 24.3 Å². The lowest BCUT2D eigenvalue weighted by atomic mass is 9.96. The standard InChI is InChI=1S/C12H16O2/c1-14-8-10-2-4-11(5-3-10)12(9-13)6-7-12/h2-5,13H,6-9H2,1H3. The van der Waals surface area contributed by atoms with E-state index < -0.39 is 0 Å². The first-order valence-electron chi connectivity index (χ1n) is 5.00. The van der Waals surface area contributed by atoms with Crippen LogP contribution in [0, 0.1) is 0 Å². The molecule has 0 saturated heterocycles. The second kappa shape index (κ2) is 3.71. The summed E-state index contributed by atoms with van der Waals surface area (Å²) < 4.78 is 5.05. The molecular weight excluding hydrogens is 176 g/mol. The van der Waals surface area contributed by atoms with Crippen molar-refractivity contribution in [2.24, 2.45) is 0 Å². The van der Waals surface area contributed by atoms with E-state index in [1.165, 1.54) is 11.1 Å². The van der Waals surface area contributed by atoms with Crippen LogP contribution in [-0.4, -0.2) is 18.8 Å². The van der Waals surface area contributed by atoms with E-state index in [1.807, 2.05) is 0 Å². The fraction of sp³-hybridized carbons (Fsp3) is 0.500. The molecule has 0 atom stereocenters. The largest absolute Gasteiger partial charge is 0.395 e. The van der Waals surface area contributed by atoms with Gasteiger partial charge in [0.1, 0.15) is 0 Å². The Balaban J connectivity index is 2.14. The Morgan fingerprint density at radius 2 is 1.93 bits per heavy atom. The Morgan fingerprint density at radius 3 is 2.36 bits per heavy atom. The van der Waals surface area contributed by atoms with Crippen LogP contribution in [0.25, 0.3) is 0 Å². The SMILES string of the molecule is COCc1ccc(C2(CO)CC2)cc1. The van der Waals surface area contributed by atoms with Crippen LogP contribution in [0.5, 0.6) is 0 Å². The molecule has 0 heterocycles. The van der Waals surface area contributed by atoms with E-state index in [4.69, 9.17) is 4.74 Å². The Hall–Kier alpha value is -0.860. The lowest BCUT2D eigenvalue weighted by Crippen LogP contribution is -2.11. The monoisotopic (exact) mass is 192 g/mol. The molecule has 1 aromatic rings. The number of methoxy groups -OCH3 is 1. The summed E-state index contributed by atoms with van der Waals surface area (Å²) >= 11 is 0. The van der Waals surface area contributed by atoms with Crippen molar-refractivity contribution in [1.82, 2.24) is 0 Å². The third-order valence-corrected chi connectivity index (χ3v) is 3.03. The van der Waals surface area contributed by atoms with Gasteiger partial charge in [0.2, 0.25) is 0 Å². The molecule has 0 aromatic heterocycles. The maximum Gasteiger partial charge on any atom is 0.0713 e. The third-order valence-electron chi connectivity index (χ3n) is 3.03. The molecule has 1 aromatic carbocycles. The first-order valence-corrected chi connectivity index (χ1v) is 5.00. The molecule has 76 valence electrons. The van der Waals surface area contributed by atoms with E-state index >= 15 is 0 Å². The van der Waals surface area contributed by atoms with Crippen molar-refractivity contribution in [3.05, 3.63) is 35.4 Å². The Morgan fingerprint density at radius 1 is 1.29 bits per heavy atom. The second-order valence-corrected chi connectivity index (χ2v) is 4.07. The molecule has 0 spiro atoms. The first-order chi connectivity index (χ1) is 6.80. The summed E-state index contributed by atoms with van der Waals surface area (Å²) in [7, 11) is 1.70. The molecule has 0 aliphatic heterocycles. The smallest absolute Gasteiger partial charge is 0.0713 e. The minimum absolute atomic E-state index is 0.0889. The molecule has 14 heavy (non-hydrogen) atoms. The van der Waals surface area contributed by atoms with Crippen LogP contribution in [0.3, 0.4) is 0 Å². The van der Waals surface area contributed by atoms with Gasteiger partial charge in [0.05, 0.1) is 13.2 Å². The molecule has 1 N–H and O–H groups in total. The predicted octanol–water partition coefficient (Wildman–Crippen LogP) is 1.86. The summed E-state index contributed by atoms with van der Waals surface area (Å²) in [6, 6.07) is 8.37. The Bertz CT molecular complexity index is 299. The number of rotatable bonds is 4. The summed E-state index contributed by atoms with van der Waals surface area (Å²) in [6.07, 6.45) is 2.24. The van der Waals surface area contributed by atoms with E-state index in [9.17, 15) is 5.11 Å². The van der Waals surface area contributed by atoms with Crippen molar-refractivity contribution in [3.63, 3.8) is 0 Å². The minimum Gasteiger partial charge on any atom is -0.395 e. The van der Waals surface area contributed by atoms with Gasteiger partial charge in [-0.25, -0.2) is 0 Å². The van der Waals surface area contributed by atoms with E-state index in [1.54, 1.807) is 7.11 Å². The maximum absolute atomic E-state index is 9.26. The number of hydrogen-bond acceptors (Lipinski definition) is 2. The maximum atomic E-state index is 9.26. The number of hydrogen-bond donors (Lipinski definition) is 1. The fourth-order valence-electron chi connectivity index (χ4n) is 1.81. The molecule has 0 bridgehead atoms. The average molecular weight is 192 g/mol. The van der Waals surface area contributed by atoms with Crippen molar-refractivity contribution in [3.8, 4) is 0 Å². The van der Waals surface area contributed by atoms with Crippen LogP contribution in [0.2, 0.25) is 0 Å². The molecule has 0 unspecified atom stereocenters. The van der Waals surface area contributed by atoms with Gasteiger partial charge >= 0.3 is 0 Å². The summed E-state index contributed by atoms with van der Waals surface area (Å²) in [5.74, 6) is 0. The highest BCUT2D eigenvalue weighted by molar-refractivity contribution is 5.33. The van der Waals surface area contributed by atoms with Crippen LogP contribution < -0.4 is 0 Å². The van der Waals surface area contributed by atoms with Gasteiger partial charge in [-0.2, -0.15) is 0 Å². The van der Waals surface area contributed by atoms with E-state index in [0.29, 0.717) is 6.61 Å².